The maximum absolute atomic E-state index is 11.1. The van der Waals surface area contributed by atoms with Crippen molar-refractivity contribution in [1.29, 1.82) is 0 Å². The van der Waals surface area contributed by atoms with Gasteiger partial charge in [0.25, 0.3) is 0 Å². The Kier molecular flexibility index (Phi) is 5.71. The predicted octanol–water partition coefficient (Wildman–Crippen LogP) is 1.40. The van der Waals surface area contributed by atoms with E-state index in [4.69, 9.17) is 5.11 Å². The van der Waals surface area contributed by atoms with Crippen LogP contribution in [0.3, 0.4) is 0 Å². The van der Waals surface area contributed by atoms with E-state index in [1.165, 1.54) is 0 Å². The fourth-order valence-electron chi connectivity index (χ4n) is 1.48. The summed E-state index contributed by atoms with van der Waals surface area (Å²) < 4.78 is 0. The molecule has 3 nitrogen and oxygen atoms in total. The summed E-state index contributed by atoms with van der Waals surface area (Å²) in [6.07, 6.45) is 1.35. The number of hydrogen-bond donors (Lipinski definition) is 1. The van der Waals surface area contributed by atoms with Crippen molar-refractivity contribution >= 4 is 5.91 Å². The molecule has 1 amide bonds. The number of carbonyl (C=O) groups excluding carboxylic acids is 1. The van der Waals surface area contributed by atoms with Gasteiger partial charge in [-0.2, -0.15) is 0 Å². The Hall–Kier alpha value is -0.570. The van der Waals surface area contributed by atoms with E-state index < -0.39 is 0 Å². The van der Waals surface area contributed by atoms with Gasteiger partial charge in [0.15, 0.2) is 0 Å². The Balaban J connectivity index is 3.91. The zero-order valence-corrected chi connectivity index (χ0v) is 9.08. The summed E-state index contributed by atoms with van der Waals surface area (Å²) in [6.45, 7) is 8.10. The molecule has 0 aromatic heterocycles. The molecule has 0 fully saturated rings. The summed E-state index contributed by atoms with van der Waals surface area (Å²) in [4.78, 5) is 12.9. The fourth-order valence-corrected chi connectivity index (χ4v) is 1.48. The van der Waals surface area contributed by atoms with Crippen LogP contribution < -0.4 is 0 Å². The third-order valence-electron chi connectivity index (χ3n) is 2.28. The molecule has 0 rings (SSSR count). The van der Waals surface area contributed by atoms with Gasteiger partial charge in [-0.25, -0.2) is 0 Å². The molecular formula is C10H21NO2. The van der Waals surface area contributed by atoms with Crippen molar-refractivity contribution in [2.45, 2.75) is 52.7 Å². The van der Waals surface area contributed by atoms with E-state index in [1.54, 1.807) is 13.8 Å². The SMILES string of the molecule is CCN(C(C)=O)C(C)CCC(C)O. The first-order valence-electron chi connectivity index (χ1n) is 4.94. The van der Waals surface area contributed by atoms with Gasteiger partial charge in [-0.05, 0) is 33.6 Å². The van der Waals surface area contributed by atoms with Gasteiger partial charge in [-0.15, -0.1) is 0 Å². The van der Waals surface area contributed by atoms with Crippen molar-refractivity contribution in [2.24, 2.45) is 0 Å². The first-order valence-corrected chi connectivity index (χ1v) is 4.94. The molecule has 0 aliphatic carbocycles. The van der Waals surface area contributed by atoms with Gasteiger partial charge in [-0.3, -0.25) is 4.79 Å². The Morgan fingerprint density at radius 2 is 1.92 bits per heavy atom. The number of amides is 1. The van der Waals surface area contributed by atoms with Crippen molar-refractivity contribution in [1.82, 2.24) is 4.90 Å². The van der Waals surface area contributed by atoms with Crippen LogP contribution in [0.15, 0.2) is 0 Å². The molecule has 0 spiro atoms. The minimum absolute atomic E-state index is 0.112. The molecular weight excluding hydrogens is 166 g/mol. The number of hydrogen-bond acceptors (Lipinski definition) is 2. The van der Waals surface area contributed by atoms with Crippen LogP contribution in [0.1, 0.15) is 40.5 Å². The molecule has 0 aromatic rings. The summed E-state index contributed by atoms with van der Waals surface area (Å²) in [6, 6.07) is 0.233. The summed E-state index contributed by atoms with van der Waals surface area (Å²) >= 11 is 0. The summed E-state index contributed by atoms with van der Waals surface area (Å²) in [5, 5.41) is 9.09. The van der Waals surface area contributed by atoms with Crippen molar-refractivity contribution in [3.05, 3.63) is 0 Å². The summed E-state index contributed by atoms with van der Waals surface area (Å²) in [7, 11) is 0. The number of rotatable bonds is 5. The maximum Gasteiger partial charge on any atom is 0.219 e. The molecule has 0 saturated carbocycles. The molecule has 13 heavy (non-hydrogen) atoms. The average molecular weight is 187 g/mol. The van der Waals surface area contributed by atoms with Gasteiger partial charge in [0.2, 0.25) is 5.91 Å². The molecule has 2 unspecified atom stereocenters. The second-order valence-electron chi connectivity index (χ2n) is 3.58. The maximum atomic E-state index is 11.1. The molecule has 78 valence electrons. The smallest absolute Gasteiger partial charge is 0.219 e. The summed E-state index contributed by atoms with van der Waals surface area (Å²) in [5.41, 5.74) is 0. The first kappa shape index (κ1) is 12.4. The van der Waals surface area contributed by atoms with E-state index in [2.05, 4.69) is 0 Å². The first-order chi connectivity index (χ1) is 5.99. The number of aliphatic hydroxyl groups is 1. The van der Waals surface area contributed by atoms with Crippen LogP contribution in [0.2, 0.25) is 0 Å². The third kappa shape index (κ3) is 4.88. The van der Waals surface area contributed by atoms with Crippen molar-refractivity contribution in [3.63, 3.8) is 0 Å². The lowest BCUT2D eigenvalue weighted by atomic mass is 10.1. The van der Waals surface area contributed by atoms with E-state index in [9.17, 15) is 4.79 Å². The van der Waals surface area contributed by atoms with E-state index in [1.807, 2.05) is 18.7 Å². The highest BCUT2D eigenvalue weighted by molar-refractivity contribution is 5.73. The lowest BCUT2D eigenvalue weighted by molar-refractivity contribution is -0.130. The minimum atomic E-state index is -0.270. The highest BCUT2D eigenvalue weighted by Gasteiger charge is 2.14. The zero-order valence-electron chi connectivity index (χ0n) is 9.08. The van der Waals surface area contributed by atoms with Crippen LogP contribution in [0.4, 0.5) is 0 Å². The highest BCUT2D eigenvalue weighted by Crippen LogP contribution is 2.08. The molecule has 2 atom stereocenters. The zero-order chi connectivity index (χ0) is 10.4. The quantitative estimate of drug-likeness (QED) is 0.707. The van der Waals surface area contributed by atoms with Crippen molar-refractivity contribution in [3.8, 4) is 0 Å². The Labute approximate surface area is 80.7 Å². The molecule has 0 aliphatic rings. The Morgan fingerprint density at radius 3 is 2.23 bits per heavy atom. The van der Waals surface area contributed by atoms with E-state index in [0.717, 1.165) is 19.4 Å². The molecule has 0 heterocycles. The molecule has 0 saturated heterocycles. The third-order valence-corrected chi connectivity index (χ3v) is 2.28. The van der Waals surface area contributed by atoms with Crippen LogP contribution in [-0.4, -0.2) is 34.6 Å². The predicted molar refractivity (Wildman–Crippen MR) is 53.4 cm³/mol. The molecule has 0 bridgehead atoms. The van der Waals surface area contributed by atoms with Crippen molar-refractivity contribution < 1.29 is 9.90 Å². The molecule has 0 aliphatic heterocycles. The minimum Gasteiger partial charge on any atom is -0.393 e. The van der Waals surface area contributed by atoms with Crippen LogP contribution in [0.25, 0.3) is 0 Å². The highest BCUT2D eigenvalue weighted by atomic mass is 16.3. The Morgan fingerprint density at radius 1 is 1.38 bits per heavy atom. The molecule has 3 heteroatoms. The summed E-state index contributed by atoms with van der Waals surface area (Å²) in [5.74, 6) is 0.112. The second-order valence-corrected chi connectivity index (χ2v) is 3.58. The number of carbonyl (C=O) groups is 1. The molecule has 0 radical (unpaired) electrons. The van der Waals surface area contributed by atoms with E-state index >= 15 is 0 Å². The van der Waals surface area contributed by atoms with E-state index in [-0.39, 0.29) is 18.1 Å². The standard InChI is InChI=1S/C10H21NO2/c1-5-11(10(4)13)8(2)6-7-9(3)12/h8-9,12H,5-7H2,1-4H3. The van der Waals surface area contributed by atoms with Crippen LogP contribution >= 0.6 is 0 Å². The molecule has 0 aromatic carbocycles. The van der Waals surface area contributed by atoms with Crippen LogP contribution in [-0.2, 0) is 4.79 Å². The molecule has 1 N–H and O–H groups in total. The van der Waals surface area contributed by atoms with Gasteiger partial charge in [0.05, 0.1) is 6.10 Å². The topological polar surface area (TPSA) is 40.5 Å². The lowest BCUT2D eigenvalue weighted by Crippen LogP contribution is -2.37. The monoisotopic (exact) mass is 187 g/mol. The van der Waals surface area contributed by atoms with Crippen LogP contribution in [0, 0.1) is 0 Å². The van der Waals surface area contributed by atoms with Gasteiger partial charge in [0.1, 0.15) is 0 Å². The van der Waals surface area contributed by atoms with Crippen molar-refractivity contribution in [2.75, 3.05) is 6.54 Å². The van der Waals surface area contributed by atoms with Gasteiger partial charge >= 0.3 is 0 Å². The fraction of sp³-hybridized carbons (Fsp3) is 0.900. The van der Waals surface area contributed by atoms with Gasteiger partial charge < -0.3 is 10.0 Å². The normalized spacial score (nSPS) is 15.2. The number of nitrogens with zero attached hydrogens (tertiary/aromatic N) is 1. The Bertz CT molecular complexity index is 157. The average Bonchev–Trinajstić information content (AvgIpc) is 2.01. The second kappa shape index (κ2) is 5.97. The number of aliphatic hydroxyl groups excluding tert-OH is 1. The lowest BCUT2D eigenvalue weighted by Gasteiger charge is -2.27. The van der Waals surface area contributed by atoms with E-state index in [0.29, 0.717) is 0 Å². The largest absolute Gasteiger partial charge is 0.393 e. The van der Waals surface area contributed by atoms with Crippen LogP contribution in [0.5, 0.6) is 0 Å². The van der Waals surface area contributed by atoms with Gasteiger partial charge in [0, 0.05) is 19.5 Å². The van der Waals surface area contributed by atoms with Gasteiger partial charge in [-0.1, -0.05) is 0 Å².